The molecule has 2 heterocycles. The van der Waals surface area contributed by atoms with Gasteiger partial charge in [-0.05, 0) is 49.2 Å². The Kier molecular flexibility index (Phi) is 6.35. The highest BCUT2D eigenvalue weighted by molar-refractivity contribution is 6.05. The van der Waals surface area contributed by atoms with E-state index in [0.717, 1.165) is 11.1 Å². The van der Waals surface area contributed by atoms with Crippen molar-refractivity contribution >= 4 is 11.8 Å². The Morgan fingerprint density at radius 1 is 0.667 bits per heavy atom. The second-order valence-electron chi connectivity index (χ2n) is 8.38. The van der Waals surface area contributed by atoms with E-state index >= 15 is 0 Å². The van der Waals surface area contributed by atoms with Gasteiger partial charge in [0.15, 0.2) is 34.8 Å². The third kappa shape index (κ3) is 4.29. The van der Waals surface area contributed by atoms with Crippen LogP contribution in [0.5, 0.6) is 23.0 Å². The first-order valence-electron chi connectivity index (χ1n) is 10.8. The van der Waals surface area contributed by atoms with E-state index in [1.807, 2.05) is 50.2 Å². The van der Waals surface area contributed by atoms with E-state index in [4.69, 9.17) is 38.4 Å². The van der Waals surface area contributed by atoms with Crippen molar-refractivity contribution in [3.8, 4) is 23.0 Å². The summed E-state index contributed by atoms with van der Waals surface area (Å²) in [5.74, 6) is 3.90. The van der Waals surface area contributed by atoms with E-state index in [2.05, 4.69) is 0 Å². The van der Waals surface area contributed by atoms with Crippen LogP contribution in [0.2, 0.25) is 0 Å². The van der Waals surface area contributed by atoms with E-state index in [1.54, 1.807) is 28.4 Å². The molecule has 0 saturated carbocycles. The number of benzene rings is 2. The predicted molar refractivity (Wildman–Crippen MR) is 125 cm³/mol. The number of methoxy groups -OCH3 is 4. The smallest absolute Gasteiger partial charge is 0.199 e. The van der Waals surface area contributed by atoms with Crippen LogP contribution in [0, 0.1) is 5.41 Å². The molecule has 33 heavy (non-hydrogen) atoms. The van der Waals surface area contributed by atoms with E-state index in [9.17, 15) is 0 Å². The first kappa shape index (κ1) is 22.8. The molecule has 0 aromatic heterocycles. The molecule has 0 radical (unpaired) electrons. The Bertz CT molecular complexity index is 995. The molecule has 0 aliphatic carbocycles. The topological polar surface area (TPSA) is 80.1 Å². The molecule has 0 amide bonds. The Balaban J connectivity index is 1.55. The minimum absolute atomic E-state index is 0.136. The van der Waals surface area contributed by atoms with Gasteiger partial charge in [0.2, 0.25) is 0 Å². The van der Waals surface area contributed by atoms with Gasteiger partial charge in [0, 0.05) is 0 Å². The quantitative estimate of drug-likeness (QED) is 0.589. The SMILES string of the molecule is COc1ccc(C2COC(C(C)(C)C3=NC(c4ccc(OC)c(OC)c4)CO3)=N2)cc1OC. The normalized spacial score (nSPS) is 19.8. The van der Waals surface area contributed by atoms with Crippen molar-refractivity contribution < 1.29 is 28.4 Å². The maximum Gasteiger partial charge on any atom is 0.199 e. The van der Waals surface area contributed by atoms with Crippen LogP contribution in [-0.2, 0) is 9.47 Å². The number of nitrogens with zero attached hydrogens (tertiary/aromatic N) is 2. The van der Waals surface area contributed by atoms with Crippen molar-refractivity contribution in [2.75, 3.05) is 41.7 Å². The summed E-state index contributed by atoms with van der Waals surface area (Å²) in [6.45, 7) is 4.92. The molecular weight excluding hydrogens is 424 g/mol. The maximum absolute atomic E-state index is 6.02. The molecule has 176 valence electrons. The molecule has 2 aliphatic rings. The summed E-state index contributed by atoms with van der Waals surface area (Å²) in [6.07, 6.45) is 0. The van der Waals surface area contributed by atoms with Crippen molar-refractivity contribution in [2.45, 2.75) is 25.9 Å². The fraction of sp³-hybridized carbons (Fsp3) is 0.440. The van der Waals surface area contributed by atoms with Crippen molar-refractivity contribution in [1.29, 1.82) is 0 Å². The van der Waals surface area contributed by atoms with Crippen molar-refractivity contribution in [2.24, 2.45) is 15.4 Å². The largest absolute Gasteiger partial charge is 0.493 e. The van der Waals surface area contributed by atoms with Crippen LogP contribution in [0.1, 0.15) is 37.1 Å². The summed E-state index contributed by atoms with van der Waals surface area (Å²) in [5, 5.41) is 0. The van der Waals surface area contributed by atoms with Crippen LogP contribution in [0.3, 0.4) is 0 Å². The standard InChI is InChI=1S/C25H30N2O6/c1-25(2,23-26-17(13-32-23)15-7-9-19(28-3)21(11-15)30-5)24-27-18(14-33-24)16-8-10-20(29-4)22(12-16)31-6/h7-12,17-18H,13-14H2,1-6H3. The average molecular weight is 455 g/mol. The van der Waals surface area contributed by atoms with Gasteiger partial charge in [-0.15, -0.1) is 0 Å². The van der Waals surface area contributed by atoms with Gasteiger partial charge >= 0.3 is 0 Å². The van der Waals surface area contributed by atoms with Gasteiger partial charge in [-0.2, -0.15) is 0 Å². The minimum Gasteiger partial charge on any atom is -0.493 e. The van der Waals surface area contributed by atoms with Crippen LogP contribution in [0.4, 0.5) is 0 Å². The Morgan fingerprint density at radius 3 is 1.42 bits per heavy atom. The Morgan fingerprint density at radius 2 is 1.06 bits per heavy atom. The summed E-state index contributed by atoms with van der Waals surface area (Å²) < 4.78 is 33.5. The molecule has 2 aromatic carbocycles. The lowest BCUT2D eigenvalue weighted by atomic mass is 9.93. The van der Waals surface area contributed by atoms with Crippen molar-refractivity contribution in [1.82, 2.24) is 0 Å². The number of ether oxygens (including phenoxy) is 6. The zero-order chi connectivity index (χ0) is 23.6. The molecule has 0 saturated heterocycles. The second kappa shape index (κ2) is 9.21. The van der Waals surface area contributed by atoms with Gasteiger partial charge in [-0.3, -0.25) is 0 Å². The van der Waals surface area contributed by atoms with Gasteiger partial charge < -0.3 is 28.4 Å². The summed E-state index contributed by atoms with van der Waals surface area (Å²) in [4.78, 5) is 9.71. The fourth-order valence-electron chi connectivity index (χ4n) is 3.98. The first-order chi connectivity index (χ1) is 15.9. The molecule has 4 rings (SSSR count). The average Bonchev–Trinajstić information content (AvgIpc) is 3.54. The zero-order valence-electron chi connectivity index (χ0n) is 19.9. The number of aliphatic imine (C=N–C) groups is 2. The molecule has 0 spiro atoms. The fourth-order valence-corrected chi connectivity index (χ4v) is 3.98. The van der Waals surface area contributed by atoms with E-state index < -0.39 is 5.41 Å². The van der Waals surface area contributed by atoms with Gasteiger partial charge in [0.05, 0.1) is 28.4 Å². The maximum atomic E-state index is 6.02. The van der Waals surface area contributed by atoms with Gasteiger partial charge in [-0.25, -0.2) is 9.98 Å². The lowest BCUT2D eigenvalue weighted by molar-refractivity contribution is 0.264. The summed E-state index contributed by atoms with van der Waals surface area (Å²) in [7, 11) is 6.48. The van der Waals surface area contributed by atoms with Crippen LogP contribution in [0.15, 0.2) is 46.4 Å². The van der Waals surface area contributed by atoms with Crippen molar-refractivity contribution in [3.63, 3.8) is 0 Å². The number of hydrogen-bond donors (Lipinski definition) is 0. The molecule has 8 nitrogen and oxygen atoms in total. The highest BCUT2D eigenvalue weighted by Gasteiger charge is 2.42. The van der Waals surface area contributed by atoms with Crippen molar-refractivity contribution in [3.05, 3.63) is 47.5 Å². The molecular formula is C25H30N2O6. The van der Waals surface area contributed by atoms with Gasteiger partial charge in [-0.1, -0.05) is 12.1 Å². The van der Waals surface area contributed by atoms with E-state index in [1.165, 1.54) is 0 Å². The lowest BCUT2D eigenvalue weighted by Crippen LogP contribution is -2.34. The molecule has 0 N–H and O–H groups in total. The van der Waals surface area contributed by atoms with Crippen LogP contribution < -0.4 is 18.9 Å². The van der Waals surface area contributed by atoms with E-state index in [0.29, 0.717) is 48.0 Å². The van der Waals surface area contributed by atoms with Crippen LogP contribution >= 0.6 is 0 Å². The Labute approximate surface area is 194 Å². The molecule has 2 unspecified atom stereocenters. The molecule has 2 aromatic rings. The molecule has 8 heteroatoms. The molecule has 0 bridgehead atoms. The van der Waals surface area contributed by atoms with Crippen LogP contribution in [0.25, 0.3) is 0 Å². The summed E-state index contributed by atoms with van der Waals surface area (Å²) in [5.41, 5.74) is 1.39. The molecule has 2 aliphatic heterocycles. The minimum atomic E-state index is -0.601. The van der Waals surface area contributed by atoms with Gasteiger partial charge in [0.25, 0.3) is 0 Å². The number of rotatable bonds is 8. The Hall–Kier alpha value is -3.42. The van der Waals surface area contributed by atoms with Crippen LogP contribution in [-0.4, -0.2) is 53.4 Å². The second-order valence-corrected chi connectivity index (χ2v) is 8.38. The van der Waals surface area contributed by atoms with Gasteiger partial charge in [0.1, 0.15) is 30.7 Å². The highest BCUT2D eigenvalue weighted by atomic mass is 16.5. The summed E-state index contributed by atoms with van der Waals surface area (Å²) in [6, 6.07) is 11.3. The van der Waals surface area contributed by atoms with E-state index in [-0.39, 0.29) is 12.1 Å². The number of hydrogen-bond acceptors (Lipinski definition) is 8. The third-order valence-electron chi connectivity index (χ3n) is 5.96. The third-order valence-corrected chi connectivity index (χ3v) is 5.96. The molecule has 2 atom stereocenters. The summed E-state index contributed by atoms with van der Waals surface area (Å²) >= 11 is 0. The lowest BCUT2D eigenvalue weighted by Gasteiger charge is -2.22. The monoisotopic (exact) mass is 454 g/mol. The zero-order valence-corrected chi connectivity index (χ0v) is 19.9. The molecule has 0 fully saturated rings. The highest BCUT2D eigenvalue weighted by Crippen LogP contribution is 2.38. The predicted octanol–water partition coefficient (Wildman–Crippen LogP) is 4.39. The first-order valence-corrected chi connectivity index (χ1v) is 10.8.